The van der Waals surface area contributed by atoms with Crippen LogP contribution in [-0.4, -0.2) is 22.1 Å². The van der Waals surface area contributed by atoms with E-state index in [1.54, 1.807) is 37.6 Å². The van der Waals surface area contributed by atoms with Crippen molar-refractivity contribution in [1.29, 1.82) is 0 Å². The van der Waals surface area contributed by atoms with E-state index < -0.39 is 0 Å². The second kappa shape index (κ2) is 6.84. The van der Waals surface area contributed by atoms with Crippen molar-refractivity contribution in [3.63, 3.8) is 0 Å². The Hall–Kier alpha value is -3.80. The van der Waals surface area contributed by atoms with Crippen molar-refractivity contribution in [2.75, 3.05) is 7.11 Å². The van der Waals surface area contributed by atoms with E-state index in [4.69, 9.17) is 4.74 Å². The summed E-state index contributed by atoms with van der Waals surface area (Å²) in [5, 5.41) is 1.38. The van der Waals surface area contributed by atoms with Crippen molar-refractivity contribution in [2.24, 2.45) is 0 Å². The third kappa shape index (κ3) is 3.32. The van der Waals surface area contributed by atoms with E-state index in [2.05, 4.69) is 15.0 Å². The summed E-state index contributed by atoms with van der Waals surface area (Å²) in [6.45, 7) is 0. The van der Waals surface area contributed by atoms with Crippen molar-refractivity contribution >= 4 is 23.1 Å². The number of hydrogen-bond donors (Lipinski definition) is 3. The van der Waals surface area contributed by atoms with Gasteiger partial charge >= 0.3 is 0 Å². The fraction of sp³-hybridized carbons (Fsp3) is 0.0476. The average molecular weight is 359 g/mol. The predicted octanol–water partition coefficient (Wildman–Crippen LogP) is 1.21. The molecule has 0 amide bonds. The van der Waals surface area contributed by atoms with Gasteiger partial charge in [-0.15, -0.1) is 0 Å². The number of para-hydroxylation sites is 1. The van der Waals surface area contributed by atoms with Crippen LogP contribution < -0.4 is 26.6 Å². The van der Waals surface area contributed by atoms with Crippen molar-refractivity contribution in [2.45, 2.75) is 0 Å². The summed E-state index contributed by atoms with van der Waals surface area (Å²) in [5.41, 5.74) is 1.85. The Morgan fingerprint density at radius 2 is 1.52 bits per heavy atom. The highest BCUT2D eigenvalue weighted by atomic mass is 16.5. The summed E-state index contributed by atoms with van der Waals surface area (Å²) in [5.74, 6) is 0.721. The molecule has 6 nitrogen and oxygen atoms in total. The lowest BCUT2D eigenvalue weighted by Crippen LogP contribution is -2.46. The van der Waals surface area contributed by atoms with E-state index in [1.807, 2.05) is 36.4 Å². The molecule has 2 aromatic heterocycles. The molecule has 4 aromatic rings. The molecule has 2 heterocycles. The summed E-state index contributed by atoms with van der Waals surface area (Å²) < 4.78 is 5.11. The maximum atomic E-state index is 12.4. The van der Waals surface area contributed by atoms with Crippen LogP contribution in [0.25, 0.3) is 23.1 Å². The zero-order valence-electron chi connectivity index (χ0n) is 14.6. The molecular weight excluding hydrogens is 342 g/mol. The van der Waals surface area contributed by atoms with Crippen LogP contribution in [0.2, 0.25) is 0 Å². The van der Waals surface area contributed by atoms with Crippen LogP contribution in [0.3, 0.4) is 0 Å². The average Bonchev–Trinajstić information content (AvgIpc) is 3.09. The highest BCUT2D eigenvalue weighted by Crippen LogP contribution is 2.17. The normalized spacial score (nSPS) is 12.6. The molecule has 0 bridgehead atoms. The largest absolute Gasteiger partial charge is 0.497 e. The summed E-state index contributed by atoms with van der Waals surface area (Å²) in [7, 11) is 1.59. The SMILES string of the molecule is COc1ccc(/C=c2\[nH]c(=O)/c(=C/c3c[nH]c4ccccc34)[nH]c2=O)cc1. The number of benzene rings is 2. The van der Waals surface area contributed by atoms with Gasteiger partial charge in [-0.1, -0.05) is 30.3 Å². The molecule has 0 spiro atoms. The van der Waals surface area contributed by atoms with Crippen molar-refractivity contribution in [3.8, 4) is 5.75 Å². The van der Waals surface area contributed by atoms with E-state index in [0.717, 1.165) is 27.8 Å². The lowest BCUT2D eigenvalue weighted by molar-refractivity contribution is 0.415. The number of aromatic nitrogens is 3. The summed E-state index contributed by atoms with van der Waals surface area (Å²) in [6.07, 6.45) is 5.09. The minimum absolute atomic E-state index is 0.196. The van der Waals surface area contributed by atoms with E-state index in [9.17, 15) is 9.59 Å². The van der Waals surface area contributed by atoms with Gasteiger partial charge in [-0.05, 0) is 35.9 Å². The minimum Gasteiger partial charge on any atom is -0.497 e. The number of aromatic amines is 3. The molecule has 0 saturated heterocycles. The molecule has 0 radical (unpaired) electrons. The van der Waals surface area contributed by atoms with Gasteiger partial charge in [0.15, 0.2) is 0 Å². The first-order chi connectivity index (χ1) is 13.1. The number of rotatable bonds is 3. The Bertz CT molecular complexity index is 1340. The lowest BCUT2D eigenvalue weighted by Gasteiger charge is -1.98. The standard InChI is InChI=1S/C21H17N3O3/c1-27-15-8-6-13(7-9-15)10-18-20(25)24-19(21(26)23-18)11-14-12-22-17-5-3-2-4-16(14)17/h2-12,22H,1H3,(H,23,26)(H,24,25)/b18-10-,19-11-. The van der Waals surface area contributed by atoms with Crippen LogP contribution in [0.4, 0.5) is 0 Å². The van der Waals surface area contributed by atoms with Gasteiger partial charge in [-0.3, -0.25) is 9.59 Å². The quantitative estimate of drug-likeness (QED) is 0.514. The monoisotopic (exact) mass is 359 g/mol. The Labute approximate surface area is 153 Å². The minimum atomic E-state index is -0.364. The van der Waals surface area contributed by atoms with Gasteiger partial charge < -0.3 is 19.7 Å². The van der Waals surface area contributed by atoms with Gasteiger partial charge in [0.05, 0.1) is 7.11 Å². The van der Waals surface area contributed by atoms with Gasteiger partial charge in [0.1, 0.15) is 16.4 Å². The first kappa shape index (κ1) is 16.7. The first-order valence-corrected chi connectivity index (χ1v) is 8.40. The second-order valence-electron chi connectivity index (χ2n) is 6.09. The molecule has 0 aliphatic carbocycles. The molecular formula is C21H17N3O3. The maximum absolute atomic E-state index is 12.4. The Balaban J connectivity index is 1.81. The van der Waals surface area contributed by atoms with E-state index in [0.29, 0.717) is 0 Å². The van der Waals surface area contributed by atoms with E-state index in [1.165, 1.54) is 0 Å². The number of fused-ring (bicyclic) bond motifs is 1. The van der Waals surface area contributed by atoms with Gasteiger partial charge in [0.25, 0.3) is 11.1 Å². The van der Waals surface area contributed by atoms with Crippen LogP contribution in [0.5, 0.6) is 5.75 Å². The number of nitrogens with one attached hydrogen (secondary N) is 3. The molecule has 134 valence electrons. The molecule has 4 rings (SSSR count). The van der Waals surface area contributed by atoms with Crippen molar-refractivity contribution in [3.05, 3.63) is 97.3 Å². The number of H-pyrrole nitrogens is 3. The molecule has 0 aliphatic heterocycles. The maximum Gasteiger partial charge on any atom is 0.272 e. The number of hydrogen-bond acceptors (Lipinski definition) is 3. The first-order valence-electron chi connectivity index (χ1n) is 8.40. The summed E-state index contributed by atoms with van der Waals surface area (Å²) in [4.78, 5) is 33.3. The Morgan fingerprint density at radius 1 is 0.852 bits per heavy atom. The van der Waals surface area contributed by atoms with Gasteiger partial charge in [0.2, 0.25) is 0 Å². The van der Waals surface area contributed by atoms with Crippen LogP contribution in [-0.2, 0) is 0 Å². The Kier molecular flexibility index (Phi) is 4.22. The molecule has 2 aromatic carbocycles. The molecule has 0 saturated carbocycles. The van der Waals surface area contributed by atoms with Gasteiger partial charge in [-0.25, -0.2) is 0 Å². The predicted molar refractivity (Wildman–Crippen MR) is 105 cm³/mol. The van der Waals surface area contributed by atoms with Crippen LogP contribution in [0.1, 0.15) is 11.1 Å². The lowest BCUT2D eigenvalue weighted by atomic mass is 10.1. The zero-order valence-corrected chi connectivity index (χ0v) is 14.6. The number of ether oxygens (including phenoxy) is 1. The smallest absolute Gasteiger partial charge is 0.272 e. The van der Waals surface area contributed by atoms with Crippen LogP contribution in [0.15, 0.2) is 64.3 Å². The molecule has 0 fully saturated rings. The fourth-order valence-corrected chi connectivity index (χ4v) is 2.93. The topological polar surface area (TPSA) is 90.7 Å². The highest BCUT2D eigenvalue weighted by Gasteiger charge is 2.02. The molecule has 6 heteroatoms. The third-order valence-electron chi connectivity index (χ3n) is 4.33. The van der Waals surface area contributed by atoms with Gasteiger partial charge in [0, 0.05) is 22.7 Å². The molecule has 27 heavy (non-hydrogen) atoms. The van der Waals surface area contributed by atoms with Crippen molar-refractivity contribution in [1.82, 2.24) is 15.0 Å². The Morgan fingerprint density at radius 3 is 2.22 bits per heavy atom. The molecule has 0 aliphatic rings. The molecule has 3 N–H and O–H groups in total. The van der Waals surface area contributed by atoms with Crippen LogP contribution in [0, 0.1) is 0 Å². The van der Waals surface area contributed by atoms with Gasteiger partial charge in [-0.2, -0.15) is 0 Å². The highest BCUT2D eigenvalue weighted by molar-refractivity contribution is 5.88. The van der Waals surface area contributed by atoms with Crippen LogP contribution >= 0.6 is 0 Å². The number of methoxy groups -OCH3 is 1. The summed E-state index contributed by atoms with van der Waals surface area (Å²) in [6, 6.07) is 15.0. The molecule has 0 unspecified atom stereocenters. The molecule has 0 atom stereocenters. The second-order valence-corrected chi connectivity index (χ2v) is 6.09. The fourth-order valence-electron chi connectivity index (χ4n) is 2.93. The zero-order chi connectivity index (χ0) is 18.8. The van der Waals surface area contributed by atoms with E-state index in [-0.39, 0.29) is 21.8 Å². The summed E-state index contributed by atoms with van der Waals surface area (Å²) >= 11 is 0. The van der Waals surface area contributed by atoms with Crippen molar-refractivity contribution < 1.29 is 4.74 Å². The van der Waals surface area contributed by atoms with E-state index >= 15 is 0 Å². The third-order valence-corrected chi connectivity index (χ3v) is 4.33.